The van der Waals surface area contributed by atoms with E-state index in [1.54, 1.807) is 0 Å². The summed E-state index contributed by atoms with van der Waals surface area (Å²) in [6.07, 6.45) is 1.53. The first kappa shape index (κ1) is 14.9. The van der Waals surface area contributed by atoms with Gasteiger partial charge >= 0.3 is 0 Å². The summed E-state index contributed by atoms with van der Waals surface area (Å²) in [4.78, 5) is 0. The smallest absolute Gasteiger partial charge is 0.211 e. The van der Waals surface area contributed by atoms with Crippen LogP contribution in [0.15, 0.2) is 58.7 Å². The summed E-state index contributed by atoms with van der Waals surface area (Å²) in [5.41, 5.74) is 12.1. The van der Waals surface area contributed by atoms with Crippen LogP contribution in [0.4, 0.5) is 0 Å². The Morgan fingerprint density at radius 2 is 1.81 bits per heavy atom. The van der Waals surface area contributed by atoms with Gasteiger partial charge in [-0.15, -0.1) is 5.10 Å². The van der Waals surface area contributed by atoms with Crippen molar-refractivity contribution in [2.45, 2.75) is 6.61 Å². The summed E-state index contributed by atoms with van der Waals surface area (Å²) < 4.78 is 5.77. The number of halogens is 1. The Labute approximate surface area is 127 Å². The molecule has 0 atom stereocenters. The number of nitrogens with two attached hydrogens (primary N) is 2. The number of para-hydroxylation sites is 1. The maximum atomic E-state index is 6.10. The van der Waals surface area contributed by atoms with E-state index in [1.807, 2.05) is 48.5 Å². The Balaban J connectivity index is 2.12. The second kappa shape index (κ2) is 7.31. The quantitative estimate of drug-likeness (QED) is 0.505. The lowest BCUT2D eigenvalue weighted by Crippen LogP contribution is -2.21. The molecule has 6 heteroatoms. The molecule has 0 aliphatic rings. The van der Waals surface area contributed by atoms with Crippen molar-refractivity contribution in [3.8, 4) is 5.75 Å². The summed E-state index contributed by atoms with van der Waals surface area (Å²) in [6.45, 7) is 0.368. The minimum absolute atomic E-state index is 0.0966. The number of rotatable bonds is 5. The molecule has 5 nitrogen and oxygen atoms in total. The van der Waals surface area contributed by atoms with E-state index in [-0.39, 0.29) is 5.96 Å². The third-order valence-corrected chi connectivity index (χ3v) is 3.00. The van der Waals surface area contributed by atoms with Gasteiger partial charge in [0.2, 0.25) is 5.96 Å². The first-order valence-corrected chi connectivity index (χ1v) is 6.62. The average Bonchev–Trinajstić information content (AvgIpc) is 2.47. The molecule has 21 heavy (non-hydrogen) atoms. The molecule has 108 valence electrons. The SMILES string of the molecule is NC(N)=NN=Cc1ccccc1OCc1ccccc1Cl. The standard InChI is InChI=1S/C15H15ClN4O/c16-13-7-3-1-6-12(13)10-21-14-8-4-2-5-11(14)9-19-20-15(17)18/h1-9H,10H2,(H4,17,18,20). The zero-order valence-electron chi connectivity index (χ0n) is 11.2. The molecule has 0 aliphatic carbocycles. The van der Waals surface area contributed by atoms with Crippen molar-refractivity contribution < 1.29 is 4.74 Å². The second-order valence-corrected chi connectivity index (χ2v) is 4.59. The van der Waals surface area contributed by atoms with Crippen molar-refractivity contribution in [2.24, 2.45) is 21.7 Å². The van der Waals surface area contributed by atoms with Crippen molar-refractivity contribution in [1.82, 2.24) is 0 Å². The molecule has 0 spiro atoms. The van der Waals surface area contributed by atoms with E-state index in [0.29, 0.717) is 17.4 Å². The Kier molecular flexibility index (Phi) is 5.17. The zero-order chi connectivity index (χ0) is 15.1. The molecule has 0 saturated heterocycles. The van der Waals surface area contributed by atoms with Gasteiger partial charge in [0, 0.05) is 16.1 Å². The molecule has 4 N–H and O–H groups in total. The molecular formula is C15H15ClN4O. The molecule has 0 bridgehead atoms. The topological polar surface area (TPSA) is 86.0 Å². The minimum Gasteiger partial charge on any atom is -0.488 e. The number of hydrogen-bond donors (Lipinski definition) is 2. The minimum atomic E-state index is -0.0966. The summed E-state index contributed by atoms with van der Waals surface area (Å²) in [7, 11) is 0. The van der Waals surface area contributed by atoms with Crippen LogP contribution in [0.3, 0.4) is 0 Å². The fourth-order valence-electron chi connectivity index (χ4n) is 1.65. The van der Waals surface area contributed by atoms with Gasteiger partial charge in [-0.1, -0.05) is 41.9 Å². The van der Waals surface area contributed by atoms with Crippen LogP contribution in [0.2, 0.25) is 5.02 Å². The molecule has 0 saturated carbocycles. The van der Waals surface area contributed by atoms with E-state index in [9.17, 15) is 0 Å². The van der Waals surface area contributed by atoms with Crippen LogP contribution in [-0.4, -0.2) is 12.2 Å². The van der Waals surface area contributed by atoms with Gasteiger partial charge in [0.05, 0.1) is 6.21 Å². The van der Waals surface area contributed by atoms with Gasteiger partial charge in [0.1, 0.15) is 12.4 Å². The molecule has 0 aliphatic heterocycles. The Morgan fingerprint density at radius 3 is 2.57 bits per heavy atom. The van der Waals surface area contributed by atoms with Gasteiger partial charge in [0.25, 0.3) is 0 Å². The highest BCUT2D eigenvalue weighted by molar-refractivity contribution is 6.31. The van der Waals surface area contributed by atoms with Crippen molar-refractivity contribution in [2.75, 3.05) is 0 Å². The maximum Gasteiger partial charge on any atom is 0.211 e. The third-order valence-electron chi connectivity index (χ3n) is 2.63. The average molecular weight is 303 g/mol. The van der Waals surface area contributed by atoms with Gasteiger partial charge in [-0.3, -0.25) is 0 Å². The van der Waals surface area contributed by atoms with Crippen molar-refractivity contribution in [3.05, 3.63) is 64.7 Å². The Hall–Kier alpha value is -2.53. The van der Waals surface area contributed by atoms with Gasteiger partial charge in [-0.2, -0.15) is 5.10 Å². The number of nitrogens with zero attached hydrogens (tertiary/aromatic N) is 2. The highest BCUT2D eigenvalue weighted by atomic mass is 35.5. The molecule has 0 radical (unpaired) electrons. The summed E-state index contributed by atoms with van der Waals surface area (Å²) >= 11 is 6.10. The van der Waals surface area contributed by atoms with E-state index in [0.717, 1.165) is 11.1 Å². The molecule has 0 amide bonds. The highest BCUT2D eigenvalue weighted by Crippen LogP contribution is 2.20. The van der Waals surface area contributed by atoms with Crippen molar-refractivity contribution in [3.63, 3.8) is 0 Å². The zero-order valence-corrected chi connectivity index (χ0v) is 12.0. The predicted octanol–water partition coefficient (Wildman–Crippen LogP) is 2.53. The van der Waals surface area contributed by atoms with Crippen LogP contribution in [0, 0.1) is 0 Å². The number of guanidine groups is 1. The van der Waals surface area contributed by atoms with Crippen LogP contribution in [-0.2, 0) is 6.61 Å². The molecule has 2 aromatic rings. The first-order valence-electron chi connectivity index (χ1n) is 6.24. The molecule has 0 unspecified atom stereocenters. The fraction of sp³-hybridized carbons (Fsp3) is 0.0667. The Morgan fingerprint density at radius 1 is 1.10 bits per heavy atom. The molecule has 0 heterocycles. The highest BCUT2D eigenvalue weighted by Gasteiger charge is 2.03. The van der Waals surface area contributed by atoms with Crippen LogP contribution >= 0.6 is 11.6 Å². The predicted molar refractivity (Wildman–Crippen MR) is 85.6 cm³/mol. The lowest BCUT2D eigenvalue weighted by Gasteiger charge is -2.09. The van der Waals surface area contributed by atoms with Gasteiger partial charge < -0.3 is 16.2 Å². The molecule has 0 fully saturated rings. The lowest BCUT2D eigenvalue weighted by atomic mass is 10.2. The van der Waals surface area contributed by atoms with Crippen molar-refractivity contribution >= 4 is 23.8 Å². The van der Waals surface area contributed by atoms with Crippen molar-refractivity contribution in [1.29, 1.82) is 0 Å². The summed E-state index contributed by atoms with van der Waals surface area (Å²) in [5.74, 6) is 0.577. The van der Waals surface area contributed by atoms with E-state index >= 15 is 0 Å². The van der Waals surface area contributed by atoms with Crippen LogP contribution in [0.25, 0.3) is 0 Å². The second-order valence-electron chi connectivity index (χ2n) is 4.19. The molecule has 2 aromatic carbocycles. The largest absolute Gasteiger partial charge is 0.488 e. The number of hydrogen-bond acceptors (Lipinski definition) is 3. The van der Waals surface area contributed by atoms with Gasteiger partial charge in [0.15, 0.2) is 0 Å². The van der Waals surface area contributed by atoms with Gasteiger partial charge in [-0.25, -0.2) is 0 Å². The molecule has 0 aromatic heterocycles. The summed E-state index contributed by atoms with van der Waals surface area (Å²) in [6, 6.07) is 15.0. The van der Waals surface area contributed by atoms with Crippen LogP contribution in [0.1, 0.15) is 11.1 Å². The number of benzene rings is 2. The Bertz CT molecular complexity index is 666. The van der Waals surface area contributed by atoms with E-state index in [4.69, 9.17) is 27.8 Å². The van der Waals surface area contributed by atoms with E-state index < -0.39 is 0 Å². The first-order chi connectivity index (χ1) is 10.2. The molecule has 2 rings (SSSR count). The summed E-state index contributed by atoms with van der Waals surface area (Å²) in [5, 5.41) is 8.01. The molecular weight excluding hydrogens is 288 g/mol. The van der Waals surface area contributed by atoms with Crippen LogP contribution in [0.5, 0.6) is 5.75 Å². The van der Waals surface area contributed by atoms with E-state index in [2.05, 4.69) is 10.2 Å². The third kappa shape index (κ3) is 4.50. The normalized spacial score (nSPS) is 10.5. The fourth-order valence-corrected chi connectivity index (χ4v) is 1.84. The van der Waals surface area contributed by atoms with Crippen LogP contribution < -0.4 is 16.2 Å². The lowest BCUT2D eigenvalue weighted by molar-refractivity contribution is 0.306. The maximum absolute atomic E-state index is 6.10. The van der Waals surface area contributed by atoms with E-state index in [1.165, 1.54) is 6.21 Å². The number of ether oxygens (including phenoxy) is 1. The monoisotopic (exact) mass is 302 g/mol. The van der Waals surface area contributed by atoms with Gasteiger partial charge in [-0.05, 0) is 18.2 Å².